The molecule has 0 aliphatic carbocycles. The first-order valence-electron chi connectivity index (χ1n) is 5.71. The summed E-state index contributed by atoms with van der Waals surface area (Å²) in [5.74, 6) is -3.98. The van der Waals surface area contributed by atoms with Gasteiger partial charge in [0.1, 0.15) is 0 Å². The lowest BCUT2D eigenvalue weighted by Crippen LogP contribution is -2.38. The van der Waals surface area contributed by atoms with E-state index in [0.29, 0.717) is 0 Å². The number of hydrogen-bond acceptors (Lipinski definition) is 2. The standard InChI is InChI=1S/C12H14F4N2/c13-11(14)12(15,16)7-17-6-8-1-2-9-3-4-18-10(9)5-8/h1-2,5,11,17-18H,3-4,6-7H2. The smallest absolute Gasteiger partial charge is 0.319 e. The summed E-state index contributed by atoms with van der Waals surface area (Å²) in [6.45, 7) is 0.00210. The fourth-order valence-electron chi connectivity index (χ4n) is 1.90. The van der Waals surface area contributed by atoms with Gasteiger partial charge < -0.3 is 10.6 Å². The summed E-state index contributed by atoms with van der Waals surface area (Å²) in [7, 11) is 0. The fraction of sp³-hybridized carbons (Fsp3) is 0.500. The second-order valence-corrected chi connectivity index (χ2v) is 4.33. The van der Waals surface area contributed by atoms with Crippen LogP contribution >= 0.6 is 0 Å². The van der Waals surface area contributed by atoms with Crippen LogP contribution in [0, 0.1) is 0 Å². The van der Waals surface area contributed by atoms with Crippen LogP contribution in [0.5, 0.6) is 0 Å². The lowest BCUT2D eigenvalue weighted by atomic mass is 10.1. The number of benzene rings is 1. The Bertz CT molecular complexity index is 421. The summed E-state index contributed by atoms with van der Waals surface area (Å²) in [4.78, 5) is 0. The third-order valence-electron chi connectivity index (χ3n) is 2.89. The van der Waals surface area contributed by atoms with Crippen molar-refractivity contribution in [2.75, 3.05) is 18.4 Å². The molecule has 0 bridgehead atoms. The highest BCUT2D eigenvalue weighted by atomic mass is 19.3. The van der Waals surface area contributed by atoms with E-state index in [2.05, 4.69) is 10.6 Å². The molecule has 0 spiro atoms. The molecule has 2 nitrogen and oxygen atoms in total. The van der Waals surface area contributed by atoms with Crippen molar-refractivity contribution < 1.29 is 17.6 Å². The van der Waals surface area contributed by atoms with Crippen LogP contribution in [0.1, 0.15) is 11.1 Å². The van der Waals surface area contributed by atoms with Crippen molar-refractivity contribution in [1.82, 2.24) is 5.32 Å². The Balaban J connectivity index is 1.87. The molecule has 0 radical (unpaired) electrons. The molecule has 6 heteroatoms. The normalized spacial score (nSPS) is 14.7. The van der Waals surface area contributed by atoms with E-state index in [1.165, 1.54) is 5.56 Å². The van der Waals surface area contributed by atoms with Crippen LogP contribution in [-0.4, -0.2) is 25.4 Å². The molecule has 18 heavy (non-hydrogen) atoms. The van der Waals surface area contributed by atoms with E-state index < -0.39 is 18.9 Å². The molecule has 0 unspecified atom stereocenters. The molecule has 0 saturated heterocycles. The van der Waals surface area contributed by atoms with Crippen molar-refractivity contribution >= 4 is 5.69 Å². The van der Waals surface area contributed by atoms with Gasteiger partial charge in [-0.2, -0.15) is 8.78 Å². The first-order chi connectivity index (χ1) is 8.49. The molecule has 0 amide bonds. The summed E-state index contributed by atoms with van der Waals surface area (Å²) in [6.07, 6.45) is -2.68. The highest BCUT2D eigenvalue weighted by Gasteiger charge is 2.39. The van der Waals surface area contributed by atoms with Gasteiger partial charge in [0.25, 0.3) is 0 Å². The van der Waals surface area contributed by atoms with E-state index >= 15 is 0 Å². The molecule has 1 aliphatic rings. The molecule has 0 aromatic heterocycles. The predicted octanol–water partition coefficient (Wildman–Crippen LogP) is 2.64. The number of hydrogen-bond donors (Lipinski definition) is 2. The van der Waals surface area contributed by atoms with Crippen molar-refractivity contribution in [3.63, 3.8) is 0 Å². The van der Waals surface area contributed by atoms with Crippen LogP contribution in [0.4, 0.5) is 23.2 Å². The van der Waals surface area contributed by atoms with Gasteiger partial charge in [0.2, 0.25) is 0 Å². The number of fused-ring (bicyclic) bond motifs is 1. The maximum atomic E-state index is 12.6. The second kappa shape index (κ2) is 5.14. The van der Waals surface area contributed by atoms with Gasteiger partial charge >= 0.3 is 12.3 Å². The van der Waals surface area contributed by atoms with Crippen LogP contribution in [0.25, 0.3) is 0 Å². The minimum Gasteiger partial charge on any atom is -0.384 e. The zero-order chi connectivity index (χ0) is 13.2. The molecular weight excluding hydrogens is 248 g/mol. The average molecular weight is 262 g/mol. The molecule has 0 atom stereocenters. The Morgan fingerprint density at radius 3 is 2.83 bits per heavy atom. The third kappa shape index (κ3) is 2.93. The quantitative estimate of drug-likeness (QED) is 0.797. The SMILES string of the molecule is FC(F)C(F)(F)CNCc1ccc2c(c1)NCC2. The Kier molecular flexibility index (Phi) is 3.75. The fourth-order valence-corrected chi connectivity index (χ4v) is 1.90. The molecule has 1 aliphatic heterocycles. The Morgan fingerprint density at radius 2 is 2.11 bits per heavy atom. The zero-order valence-electron chi connectivity index (χ0n) is 9.65. The van der Waals surface area contributed by atoms with Crippen LogP contribution in [0.3, 0.4) is 0 Å². The summed E-state index contributed by atoms with van der Waals surface area (Å²) in [5.41, 5.74) is 2.99. The van der Waals surface area contributed by atoms with E-state index in [0.717, 1.165) is 24.2 Å². The summed E-state index contributed by atoms with van der Waals surface area (Å²) in [5, 5.41) is 5.53. The topological polar surface area (TPSA) is 24.1 Å². The van der Waals surface area contributed by atoms with Gasteiger partial charge in [-0.15, -0.1) is 0 Å². The van der Waals surface area contributed by atoms with Crippen molar-refractivity contribution in [3.8, 4) is 0 Å². The van der Waals surface area contributed by atoms with Gasteiger partial charge in [-0.25, -0.2) is 8.78 Å². The summed E-state index contributed by atoms with van der Waals surface area (Å²) in [6, 6.07) is 5.60. The van der Waals surface area contributed by atoms with Gasteiger partial charge in [-0.05, 0) is 23.6 Å². The number of anilines is 1. The first-order valence-corrected chi connectivity index (χ1v) is 5.71. The number of alkyl halides is 4. The highest BCUT2D eigenvalue weighted by molar-refractivity contribution is 5.56. The minimum absolute atomic E-state index is 0.150. The van der Waals surface area contributed by atoms with Crippen molar-refractivity contribution in [3.05, 3.63) is 29.3 Å². The van der Waals surface area contributed by atoms with Crippen LogP contribution in [-0.2, 0) is 13.0 Å². The third-order valence-corrected chi connectivity index (χ3v) is 2.89. The zero-order valence-corrected chi connectivity index (χ0v) is 9.65. The molecule has 1 heterocycles. The van der Waals surface area contributed by atoms with Crippen LogP contribution in [0.15, 0.2) is 18.2 Å². The molecular formula is C12H14F4N2. The predicted molar refractivity (Wildman–Crippen MR) is 61.3 cm³/mol. The first kappa shape index (κ1) is 13.1. The van der Waals surface area contributed by atoms with E-state index in [4.69, 9.17) is 0 Å². The second-order valence-electron chi connectivity index (χ2n) is 4.33. The molecule has 2 rings (SSSR count). The monoisotopic (exact) mass is 262 g/mol. The molecule has 2 N–H and O–H groups in total. The Labute approximate surface area is 102 Å². The van der Waals surface area contributed by atoms with Crippen molar-refractivity contribution in [2.24, 2.45) is 0 Å². The van der Waals surface area contributed by atoms with Crippen LogP contribution < -0.4 is 10.6 Å². The average Bonchev–Trinajstić information content (AvgIpc) is 2.75. The molecule has 100 valence electrons. The Hall–Kier alpha value is -1.30. The van der Waals surface area contributed by atoms with Gasteiger partial charge in [-0.1, -0.05) is 12.1 Å². The van der Waals surface area contributed by atoms with Crippen molar-refractivity contribution in [1.29, 1.82) is 0 Å². The van der Waals surface area contributed by atoms with E-state index in [1.807, 2.05) is 18.2 Å². The van der Waals surface area contributed by atoms with Crippen LogP contribution in [0.2, 0.25) is 0 Å². The van der Waals surface area contributed by atoms with E-state index in [-0.39, 0.29) is 6.54 Å². The minimum atomic E-state index is -3.98. The van der Waals surface area contributed by atoms with E-state index in [9.17, 15) is 17.6 Å². The number of halogens is 4. The summed E-state index contributed by atoms with van der Waals surface area (Å²) < 4.78 is 49.1. The number of rotatable bonds is 5. The number of nitrogens with one attached hydrogen (secondary N) is 2. The van der Waals surface area contributed by atoms with Gasteiger partial charge in [-0.3, -0.25) is 0 Å². The lowest BCUT2D eigenvalue weighted by molar-refractivity contribution is -0.125. The van der Waals surface area contributed by atoms with Gasteiger partial charge in [0, 0.05) is 18.8 Å². The van der Waals surface area contributed by atoms with Crippen molar-refractivity contribution in [2.45, 2.75) is 25.3 Å². The maximum Gasteiger partial charge on any atom is 0.319 e. The summed E-state index contributed by atoms with van der Waals surface area (Å²) >= 11 is 0. The lowest BCUT2D eigenvalue weighted by Gasteiger charge is -2.16. The molecule has 0 saturated carbocycles. The molecule has 1 aromatic rings. The Morgan fingerprint density at radius 1 is 1.33 bits per heavy atom. The van der Waals surface area contributed by atoms with Gasteiger partial charge in [0.05, 0.1) is 6.54 Å². The molecule has 1 aromatic carbocycles. The molecule has 0 fully saturated rings. The van der Waals surface area contributed by atoms with E-state index in [1.54, 1.807) is 0 Å². The largest absolute Gasteiger partial charge is 0.384 e. The van der Waals surface area contributed by atoms with Gasteiger partial charge in [0.15, 0.2) is 0 Å². The highest BCUT2D eigenvalue weighted by Crippen LogP contribution is 2.24. The maximum absolute atomic E-state index is 12.6.